The minimum atomic E-state index is 0.427. The molecular weight excluding hydrogens is 276 g/mol. The van der Waals surface area contributed by atoms with Crippen LogP contribution in [0, 0.1) is 0 Å². The summed E-state index contributed by atoms with van der Waals surface area (Å²) in [6, 6.07) is 19.2. The van der Waals surface area contributed by atoms with Gasteiger partial charge in [0, 0.05) is 0 Å². The number of fused-ring (bicyclic) bond motifs is 1. The van der Waals surface area contributed by atoms with E-state index in [2.05, 4.69) is 81.6 Å². The van der Waals surface area contributed by atoms with E-state index in [1.807, 2.05) is 12.2 Å². The molecule has 0 bridgehead atoms. The van der Waals surface area contributed by atoms with Crippen LogP contribution in [0.25, 0.3) is 34.1 Å². The highest BCUT2D eigenvalue weighted by Crippen LogP contribution is 2.41. The molecule has 0 heteroatoms. The van der Waals surface area contributed by atoms with E-state index in [1.54, 1.807) is 0 Å². The summed E-state index contributed by atoms with van der Waals surface area (Å²) in [5.41, 5.74) is 6.19. The van der Waals surface area contributed by atoms with Crippen molar-refractivity contribution in [3.05, 3.63) is 84.4 Å². The standard InChI is InChI=1S/C23H22/c1-5-18-19(6-2)23(17-12-8-7-9-13-17)21-15-11-10-14-20(21)22(18)16(3)4/h5-16H,1-2H2,3-4H3. The number of hydrogen-bond donors (Lipinski definition) is 0. The lowest BCUT2D eigenvalue weighted by Gasteiger charge is -2.21. The summed E-state index contributed by atoms with van der Waals surface area (Å²) >= 11 is 0. The second kappa shape index (κ2) is 6.26. The maximum atomic E-state index is 4.09. The summed E-state index contributed by atoms with van der Waals surface area (Å²) in [5, 5.41) is 2.59. The van der Waals surface area contributed by atoms with Gasteiger partial charge in [-0.1, -0.05) is 93.8 Å². The van der Waals surface area contributed by atoms with Gasteiger partial charge in [0.05, 0.1) is 0 Å². The highest BCUT2D eigenvalue weighted by Gasteiger charge is 2.18. The minimum absolute atomic E-state index is 0.427. The predicted molar refractivity (Wildman–Crippen MR) is 104 cm³/mol. The zero-order valence-electron chi connectivity index (χ0n) is 13.8. The molecule has 3 aromatic rings. The molecular formula is C23H22. The van der Waals surface area contributed by atoms with Crippen LogP contribution >= 0.6 is 0 Å². The molecule has 0 spiro atoms. The van der Waals surface area contributed by atoms with Gasteiger partial charge in [-0.25, -0.2) is 0 Å². The summed E-state index contributed by atoms with van der Waals surface area (Å²) in [4.78, 5) is 0. The molecule has 23 heavy (non-hydrogen) atoms. The largest absolute Gasteiger partial charge is 0.0984 e. The predicted octanol–water partition coefficient (Wildman–Crippen LogP) is 6.92. The van der Waals surface area contributed by atoms with Crippen molar-refractivity contribution < 1.29 is 0 Å². The summed E-state index contributed by atoms with van der Waals surface area (Å²) in [7, 11) is 0. The Balaban J connectivity index is 2.56. The maximum Gasteiger partial charge on any atom is -0.00268 e. The zero-order chi connectivity index (χ0) is 16.4. The average Bonchev–Trinajstić information content (AvgIpc) is 2.59. The van der Waals surface area contributed by atoms with Crippen molar-refractivity contribution in [1.82, 2.24) is 0 Å². The van der Waals surface area contributed by atoms with Crippen molar-refractivity contribution in [2.75, 3.05) is 0 Å². The van der Waals surface area contributed by atoms with Crippen LogP contribution < -0.4 is 0 Å². The second-order valence-electron chi connectivity index (χ2n) is 6.09. The molecule has 0 fully saturated rings. The van der Waals surface area contributed by atoms with Gasteiger partial charge in [0.2, 0.25) is 0 Å². The van der Waals surface area contributed by atoms with Crippen LogP contribution in [0.5, 0.6) is 0 Å². The smallest absolute Gasteiger partial charge is 0.00268 e. The summed E-state index contributed by atoms with van der Waals surface area (Å²) < 4.78 is 0. The van der Waals surface area contributed by atoms with E-state index in [9.17, 15) is 0 Å². The lowest BCUT2D eigenvalue weighted by molar-refractivity contribution is 0.873. The molecule has 0 amide bonds. The molecule has 3 aromatic carbocycles. The quantitative estimate of drug-likeness (QED) is 0.490. The fourth-order valence-electron chi connectivity index (χ4n) is 3.48. The molecule has 0 unspecified atom stereocenters. The summed E-state index contributed by atoms with van der Waals surface area (Å²) in [6.45, 7) is 12.6. The van der Waals surface area contributed by atoms with E-state index in [1.165, 1.54) is 38.6 Å². The van der Waals surface area contributed by atoms with Crippen LogP contribution in [-0.4, -0.2) is 0 Å². The molecule has 3 rings (SSSR count). The fourth-order valence-corrected chi connectivity index (χ4v) is 3.48. The highest BCUT2D eigenvalue weighted by atomic mass is 14.2. The molecule has 0 N–H and O–H groups in total. The van der Waals surface area contributed by atoms with Crippen molar-refractivity contribution in [2.45, 2.75) is 19.8 Å². The first-order chi connectivity index (χ1) is 11.2. The van der Waals surface area contributed by atoms with Crippen LogP contribution in [0.2, 0.25) is 0 Å². The Morgan fingerprint density at radius 3 is 1.87 bits per heavy atom. The summed E-state index contributed by atoms with van der Waals surface area (Å²) in [5.74, 6) is 0.427. The lowest BCUT2D eigenvalue weighted by atomic mass is 9.82. The first kappa shape index (κ1) is 15.3. The van der Waals surface area contributed by atoms with Gasteiger partial charge in [0.1, 0.15) is 0 Å². The Morgan fingerprint density at radius 1 is 0.739 bits per heavy atom. The second-order valence-corrected chi connectivity index (χ2v) is 6.09. The topological polar surface area (TPSA) is 0 Å². The third-order valence-corrected chi connectivity index (χ3v) is 4.38. The van der Waals surface area contributed by atoms with Crippen molar-refractivity contribution in [1.29, 1.82) is 0 Å². The van der Waals surface area contributed by atoms with Crippen LogP contribution in [0.4, 0.5) is 0 Å². The Kier molecular flexibility index (Phi) is 4.16. The fraction of sp³-hybridized carbons (Fsp3) is 0.130. The zero-order valence-corrected chi connectivity index (χ0v) is 13.8. The normalized spacial score (nSPS) is 10.9. The molecule has 0 aliphatic carbocycles. The third-order valence-electron chi connectivity index (χ3n) is 4.38. The SMILES string of the molecule is C=Cc1c(C=C)c(C(C)C)c2ccccc2c1-c1ccccc1. The van der Waals surface area contributed by atoms with Crippen LogP contribution in [-0.2, 0) is 0 Å². The van der Waals surface area contributed by atoms with Gasteiger partial charge in [0.15, 0.2) is 0 Å². The van der Waals surface area contributed by atoms with E-state index in [0.717, 1.165) is 0 Å². The van der Waals surface area contributed by atoms with Crippen LogP contribution in [0.3, 0.4) is 0 Å². The van der Waals surface area contributed by atoms with E-state index in [0.29, 0.717) is 5.92 Å². The van der Waals surface area contributed by atoms with E-state index < -0.39 is 0 Å². The van der Waals surface area contributed by atoms with E-state index in [4.69, 9.17) is 0 Å². The molecule has 0 nitrogen and oxygen atoms in total. The Morgan fingerprint density at radius 2 is 1.30 bits per heavy atom. The Labute approximate surface area is 138 Å². The molecule has 0 aliphatic rings. The molecule has 0 radical (unpaired) electrons. The monoisotopic (exact) mass is 298 g/mol. The third kappa shape index (κ3) is 2.51. The van der Waals surface area contributed by atoms with Gasteiger partial charge >= 0.3 is 0 Å². The van der Waals surface area contributed by atoms with Gasteiger partial charge in [-0.3, -0.25) is 0 Å². The van der Waals surface area contributed by atoms with Crippen molar-refractivity contribution in [3.63, 3.8) is 0 Å². The van der Waals surface area contributed by atoms with Crippen LogP contribution in [0.1, 0.15) is 36.5 Å². The molecule has 0 saturated carbocycles. The Hall–Kier alpha value is -2.60. The van der Waals surface area contributed by atoms with E-state index >= 15 is 0 Å². The number of rotatable bonds is 4. The molecule has 0 saturated heterocycles. The van der Waals surface area contributed by atoms with Crippen molar-refractivity contribution >= 4 is 22.9 Å². The molecule has 114 valence electrons. The average molecular weight is 298 g/mol. The van der Waals surface area contributed by atoms with Gasteiger partial charge in [0.25, 0.3) is 0 Å². The first-order valence-electron chi connectivity index (χ1n) is 8.08. The maximum absolute atomic E-state index is 4.09. The number of benzene rings is 3. The molecule has 0 aromatic heterocycles. The van der Waals surface area contributed by atoms with Gasteiger partial charge < -0.3 is 0 Å². The van der Waals surface area contributed by atoms with Crippen molar-refractivity contribution in [3.8, 4) is 11.1 Å². The van der Waals surface area contributed by atoms with E-state index in [-0.39, 0.29) is 0 Å². The van der Waals surface area contributed by atoms with Gasteiger partial charge in [-0.15, -0.1) is 0 Å². The van der Waals surface area contributed by atoms with Gasteiger partial charge in [-0.2, -0.15) is 0 Å². The Bertz CT molecular complexity index is 867. The van der Waals surface area contributed by atoms with Crippen LogP contribution in [0.15, 0.2) is 67.8 Å². The minimum Gasteiger partial charge on any atom is -0.0984 e. The van der Waals surface area contributed by atoms with Crippen molar-refractivity contribution in [2.24, 2.45) is 0 Å². The first-order valence-corrected chi connectivity index (χ1v) is 8.08. The number of hydrogen-bond acceptors (Lipinski definition) is 0. The molecule has 0 atom stereocenters. The highest BCUT2D eigenvalue weighted by molar-refractivity contribution is 6.05. The lowest BCUT2D eigenvalue weighted by Crippen LogP contribution is -2.00. The molecule has 0 heterocycles. The summed E-state index contributed by atoms with van der Waals surface area (Å²) in [6.07, 6.45) is 3.95. The van der Waals surface area contributed by atoms with Gasteiger partial charge in [-0.05, 0) is 44.5 Å². The molecule has 0 aliphatic heterocycles.